The van der Waals surface area contributed by atoms with Crippen LogP contribution >= 0.6 is 0 Å². The molecule has 0 radical (unpaired) electrons. The summed E-state index contributed by atoms with van der Waals surface area (Å²) in [4.78, 5) is 0. The normalized spacial score (nSPS) is 22.4. The topological polar surface area (TPSA) is 92.5 Å². The molecule has 1 aliphatic rings. The third-order valence-electron chi connectivity index (χ3n) is 2.29. The van der Waals surface area contributed by atoms with Gasteiger partial charge < -0.3 is 11.1 Å². The SMILES string of the molecule is NC1(c2nn[nH]n2)CCNCC1. The number of rotatable bonds is 1. The van der Waals surface area contributed by atoms with Crippen LogP contribution < -0.4 is 11.1 Å². The fourth-order valence-electron chi connectivity index (χ4n) is 1.47. The van der Waals surface area contributed by atoms with Gasteiger partial charge in [-0.2, -0.15) is 5.21 Å². The lowest BCUT2D eigenvalue weighted by Gasteiger charge is -2.30. The lowest BCUT2D eigenvalue weighted by atomic mass is 9.89. The molecule has 2 heterocycles. The second-order valence-electron chi connectivity index (χ2n) is 3.14. The Morgan fingerprint density at radius 2 is 2.08 bits per heavy atom. The van der Waals surface area contributed by atoms with Gasteiger partial charge in [0.15, 0.2) is 5.82 Å². The van der Waals surface area contributed by atoms with Gasteiger partial charge in [-0.25, -0.2) is 0 Å². The highest BCUT2D eigenvalue weighted by atomic mass is 15.5. The second kappa shape index (κ2) is 2.80. The summed E-state index contributed by atoms with van der Waals surface area (Å²) in [6, 6.07) is 0. The van der Waals surface area contributed by atoms with Gasteiger partial charge in [0.1, 0.15) is 0 Å². The van der Waals surface area contributed by atoms with E-state index in [0.717, 1.165) is 25.9 Å². The summed E-state index contributed by atoms with van der Waals surface area (Å²) in [7, 11) is 0. The summed E-state index contributed by atoms with van der Waals surface area (Å²) in [5.41, 5.74) is 5.72. The maximum atomic E-state index is 6.10. The molecular formula is C6H12N6. The number of nitrogens with zero attached hydrogens (tertiary/aromatic N) is 3. The number of hydrogen-bond donors (Lipinski definition) is 3. The van der Waals surface area contributed by atoms with Gasteiger partial charge in [-0.15, -0.1) is 10.2 Å². The molecule has 12 heavy (non-hydrogen) atoms. The Bertz CT molecular complexity index is 237. The number of H-pyrrole nitrogens is 1. The monoisotopic (exact) mass is 168 g/mol. The maximum absolute atomic E-state index is 6.10. The van der Waals surface area contributed by atoms with Crippen LogP contribution in [-0.4, -0.2) is 33.7 Å². The van der Waals surface area contributed by atoms with Crippen LogP contribution in [0.2, 0.25) is 0 Å². The first kappa shape index (κ1) is 7.63. The van der Waals surface area contributed by atoms with E-state index in [9.17, 15) is 0 Å². The molecule has 1 fully saturated rings. The van der Waals surface area contributed by atoms with Gasteiger partial charge in [0.05, 0.1) is 5.54 Å². The number of hydrogen-bond acceptors (Lipinski definition) is 5. The molecule has 1 aromatic rings. The molecule has 6 heteroatoms. The third kappa shape index (κ3) is 1.19. The first-order chi connectivity index (χ1) is 5.81. The molecule has 0 bridgehead atoms. The zero-order chi connectivity index (χ0) is 8.44. The van der Waals surface area contributed by atoms with Gasteiger partial charge in [0.25, 0.3) is 0 Å². The van der Waals surface area contributed by atoms with Crippen molar-refractivity contribution in [1.29, 1.82) is 0 Å². The Balaban J connectivity index is 2.19. The van der Waals surface area contributed by atoms with Crippen molar-refractivity contribution in [3.63, 3.8) is 0 Å². The number of aromatic nitrogens is 4. The van der Waals surface area contributed by atoms with Gasteiger partial charge in [0, 0.05) is 0 Å². The third-order valence-corrected chi connectivity index (χ3v) is 2.29. The highest BCUT2D eigenvalue weighted by Gasteiger charge is 2.33. The van der Waals surface area contributed by atoms with Crippen molar-refractivity contribution in [3.8, 4) is 0 Å². The molecule has 0 saturated carbocycles. The van der Waals surface area contributed by atoms with E-state index in [1.54, 1.807) is 0 Å². The van der Waals surface area contributed by atoms with Crippen molar-refractivity contribution < 1.29 is 0 Å². The highest BCUT2D eigenvalue weighted by molar-refractivity contribution is 5.03. The van der Waals surface area contributed by atoms with Crippen LogP contribution in [0.4, 0.5) is 0 Å². The molecule has 0 spiro atoms. The van der Waals surface area contributed by atoms with E-state index < -0.39 is 0 Å². The van der Waals surface area contributed by atoms with Crippen LogP contribution in [0.5, 0.6) is 0 Å². The number of nitrogens with one attached hydrogen (secondary N) is 2. The highest BCUT2D eigenvalue weighted by Crippen LogP contribution is 2.23. The summed E-state index contributed by atoms with van der Waals surface area (Å²) in [5.74, 6) is 0.629. The second-order valence-corrected chi connectivity index (χ2v) is 3.14. The molecule has 0 aliphatic carbocycles. The molecule has 1 saturated heterocycles. The van der Waals surface area contributed by atoms with E-state index in [0.29, 0.717) is 5.82 Å². The van der Waals surface area contributed by atoms with Crippen LogP contribution in [-0.2, 0) is 5.54 Å². The van der Waals surface area contributed by atoms with Gasteiger partial charge in [-0.1, -0.05) is 5.21 Å². The predicted molar refractivity (Wildman–Crippen MR) is 42.1 cm³/mol. The van der Waals surface area contributed by atoms with Crippen molar-refractivity contribution in [2.75, 3.05) is 13.1 Å². The molecule has 1 aromatic heterocycles. The summed E-state index contributed by atoms with van der Waals surface area (Å²) < 4.78 is 0. The van der Waals surface area contributed by atoms with Crippen LogP contribution in [0.15, 0.2) is 0 Å². The number of aromatic amines is 1. The Morgan fingerprint density at radius 3 is 2.67 bits per heavy atom. The first-order valence-electron chi connectivity index (χ1n) is 4.05. The maximum Gasteiger partial charge on any atom is 0.194 e. The minimum atomic E-state index is -0.377. The van der Waals surface area contributed by atoms with Crippen LogP contribution in [0, 0.1) is 0 Å². The van der Waals surface area contributed by atoms with Crippen LogP contribution in [0.3, 0.4) is 0 Å². The summed E-state index contributed by atoms with van der Waals surface area (Å²) in [6.07, 6.45) is 1.74. The lowest BCUT2D eigenvalue weighted by Crippen LogP contribution is -2.47. The Hall–Kier alpha value is -1.01. The standard InChI is InChI=1S/C6H12N6/c7-6(1-3-8-4-2-6)5-9-11-12-10-5/h8H,1-4,7H2,(H,9,10,11,12). The first-order valence-corrected chi connectivity index (χ1v) is 4.05. The fraction of sp³-hybridized carbons (Fsp3) is 0.833. The zero-order valence-corrected chi connectivity index (χ0v) is 6.75. The van der Waals surface area contributed by atoms with E-state index >= 15 is 0 Å². The van der Waals surface area contributed by atoms with Gasteiger partial charge >= 0.3 is 0 Å². The average molecular weight is 168 g/mol. The zero-order valence-electron chi connectivity index (χ0n) is 6.75. The van der Waals surface area contributed by atoms with Gasteiger partial charge in [-0.3, -0.25) is 0 Å². The van der Waals surface area contributed by atoms with E-state index in [1.165, 1.54) is 0 Å². The van der Waals surface area contributed by atoms with Crippen molar-refractivity contribution >= 4 is 0 Å². The smallest absolute Gasteiger partial charge is 0.194 e. The van der Waals surface area contributed by atoms with Crippen molar-refractivity contribution in [1.82, 2.24) is 25.9 Å². The minimum absolute atomic E-state index is 0.377. The molecule has 6 nitrogen and oxygen atoms in total. The fourth-order valence-corrected chi connectivity index (χ4v) is 1.47. The van der Waals surface area contributed by atoms with Crippen molar-refractivity contribution in [2.45, 2.75) is 18.4 Å². The Labute approximate surface area is 69.9 Å². The largest absolute Gasteiger partial charge is 0.319 e. The van der Waals surface area contributed by atoms with Crippen molar-refractivity contribution in [3.05, 3.63) is 5.82 Å². The lowest BCUT2D eigenvalue weighted by molar-refractivity contribution is 0.301. The quantitative estimate of drug-likeness (QED) is 0.486. The number of piperidine rings is 1. The summed E-state index contributed by atoms with van der Waals surface area (Å²) in [5, 5.41) is 17.0. The Morgan fingerprint density at radius 1 is 1.33 bits per heavy atom. The van der Waals surface area contributed by atoms with Crippen LogP contribution in [0.1, 0.15) is 18.7 Å². The molecule has 4 N–H and O–H groups in total. The van der Waals surface area contributed by atoms with E-state index in [-0.39, 0.29) is 5.54 Å². The van der Waals surface area contributed by atoms with Gasteiger partial charge in [0.2, 0.25) is 0 Å². The van der Waals surface area contributed by atoms with Gasteiger partial charge in [-0.05, 0) is 25.9 Å². The number of tetrazole rings is 1. The molecule has 2 rings (SSSR count). The molecule has 1 aliphatic heterocycles. The van der Waals surface area contributed by atoms with Crippen molar-refractivity contribution in [2.24, 2.45) is 5.73 Å². The number of nitrogens with two attached hydrogens (primary N) is 1. The summed E-state index contributed by atoms with van der Waals surface area (Å²) >= 11 is 0. The Kier molecular flexibility index (Phi) is 1.78. The summed E-state index contributed by atoms with van der Waals surface area (Å²) in [6.45, 7) is 1.84. The molecule has 0 unspecified atom stereocenters. The minimum Gasteiger partial charge on any atom is -0.319 e. The predicted octanol–water partition coefficient (Wildman–Crippen LogP) is -1.26. The molecule has 0 aromatic carbocycles. The average Bonchev–Trinajstić information content (AvgIpc) is 2.58. The molecule has 0 amide bonds. The molecule has 66 valence electrons. The van der Waals surface area contributed by atoms with E-state index in [4.69, 9.17) is 5.73 Å². The van der Waals surface area contributed by atoms with E-state index in [1.807, 2.05) is 0 Å². The molecule has 0 atom stereocenters. The van der Waals surface area contributed by atoms with E-state index in [2.05, 4.69) is 25.9 Å². The molecular weight excluding hydrogens is 156 g/mol. The van der Waals surface area contributed by atoms with Crippen LogP contribution in [0.25, 0.3) is 0 Å².